The van der Waals surface area contributed by atoms with Crippen molar-refractivity contribution in [3.05, 3.63) is 28.2 Å². The van der Waals surface area contributed by atoms with Gasteiger partial charge in [-0.05, 0) is 18.6 Å². The van der Waals surface area contributed by atoms with Crippen LogP contribution in [0.4, 0.5) is 0 Å². The molecule has 0 aliphatic rings. The van der Waals surface area contributed by atoms with E-state index in [1.165, 1.54) is 0 Å². The minimum absolute atomic E-state index is 0.210. The Balaban J connectivity index is 2.20. The summed E-state index contributed by atoms with van der Waals surface area (Å²) in [5.74, 6) is -0.202. The summed E-state index contributed by atoms with van der Waals surface area (Å²) in [6.07, 6.45) is 2.08. The predicted octanol–water partition coefficient (Wildman–Crippen LogP) is 3.73. The van der Waals surface area contributed by atoms with Crippen molar-refractivity contribution < 1.29 is 19.0 Å². The van der Waals surface area contributed by atoms with Crippen molar-refractivity contribution in [1.29, 1.82) is 0 Å². The van der Waals surface area contributed by atoms with Gasteiger partial charge in [0, 0.05) is 6.61 Å². The van der Waals surface area contributed by atoms with Crippen molar-refractivity contribution in [3.63, 3.8) is 0 Å². The fourth-order valence-electron chi connectivity index (χ4n) is 1.36. The van der Waals surface area contributed by atoms with E-state index >= 15 is 0 Å². The summed E-state index contributed by atoms with van der Waals surface area (Å²) < 4.78 is 15.5. The summed E-state index contributed by atoms with van der Waals surface area (Å²) in [6, 6.07) is 4.97. The third-order valence-corrected chi connectivity index (χ3v) is 2.98. The quantitative estimate of drug-likeness (QED) is 0.513. The molecule has 0 heterocycles. The van der Waals surface area contributed by atoms with Crippen LogP contribution in [-0.4, -0.2) is 32.4 Å². The van der Waals surface area contributed by atoms with Crippen LogP contribution in [0.5, 0.6) is 5.75 Å². The Labute approximate surface area is 128 Å². The minimum atomic E-state index is -0.486. The molecule has 0 atom stereocenters. The molecule has 0 bridgehead atoms. The summed E-state index contributed by atoms with van der Waals surface area (Å²) >= 11 is 11.8. The first-order valence-corrected chi connectivity index (χ1v) is 7.21. The number of ether oxygens (including phenoxy) is 3. The molecule has 0 radical (unpaired) electrons. The molecule has 6 heteroatoms. The fourth-order valence-corrected chi connectivity index (χ4v) is 1.86. The summed E-state index contributed by atoms with van der Waals surface area (Å²) in [4.78, 5) is 11.4. The Morgan fingerprint density at radius 3 is 2.50 bits per heavy atom. The highest BCUT2D eigenvalue weighted by Crippen LogP contribution is 2.32. The number of carbonyl (C=O) groups is 1. The Kier molecular flexibility index (Phi) is 8.42. The molecule has 112 valence electrons. The number of unbranched alkanes of at least 4 members (excludes halogenated alkanes) is 1. The van der Waals surface area contributed by atoms with Crippen LogP contribution in [-0.2, 0) is 14.3 Å². The molecule has 0 aliphatic carbocycles. The van der Waals surface area contributed by atoms with Crippen LogP contribution in [0.3, 0.4) is 0 Å². The maximum Gasteiger partial charge on any atom is 0.344 e. The summed E-state index contributed by atoms with van der Waals surface area (Å²) in [5.41, 5.74) is 0. The summed E-state index contributed by atoms with van der Waals surface area (Å²) in [5, 5.41) is 0.710. The number of para-hydroxylation sites is 1. The van der Waals surface area contributed by atoms with Crippen molar-refractivity contribution >= 4 is 29.2 Å². The van der Waals surface area contributed by atoms with Gasteiger partial charge in [0.25, 0.3) is 0 Å². The molecule has 0 unspecified atom stereocenters. The molecule has 1 aromatic carbocycles. The first-order valence-electron chi connectivity index (χ1n) is 6.45. The highest BCUT2D eigenvalue weighted by molar-refractivity contribution is 6.37. The van der Waals surface area contributed by atoms with Crippen molar-refractivity contribution in [2.75, 3.05) is 26.4 Å². The lowest BCUT2D eigenvalue weighted by atomic mass is 10.3. The Morgan fingerprint density at radius 2 is 1.85 bits per heavy atom. The molecule has 0 fully saturated rings. The lowest BCUT2D eigenvalue weighted by molar-refractivity contribution is -0.147. The van der Waals surface area contributed by atoms with Crippen LogP contribution < -0.4 is 4.74 Å². The van der Waals surface area contributed by atoms with Crippen molar-refractivity contribution in [1.82, 2.24) is 0 Å². The number of benzene rings is 1. The number of halogens is 2. The van der Waals surface area contributed by atoms with Gasteiger partial charge in [0.15, 0.2) is 12.4 Å². The van der Waals surface area contributed by atoms with Crippen LogP contribution in [0.2, 0.25) is 10.0 Å². The van der Waals surface area contributed by atoms with Gasteiger partial charge in [-0.1, -0.05) is 42.6 Å². The number of hydrogen-bond donors (Lipinski definition) is 0. The van der Waals surface area contributed by atoms with Gasteiger partial charge in [0.2, 0.25) is 0 Å². The maximum absolute atomic E-state index is 11.4. The van der Waals surface area contributed by atoms with E-state index in [-0.39, 0.29) is 19.0 Å². The number of carbonyl (C=O) groups excluding carboxylic acids is 1. The third-order valence-electron chi connectivity index (χ3n) is 2.39. The normalized spacial score (nSPS) is 10.3. The van der Waals surface area contributed by atoms with Crippen LogP contribution in [0.1, 0.15) is 19.8 Å². The molecule has 1 rings (SSSR count). The SMILES string of the molecule is CCCCOCCOC(=O)COc1c(Cl)cccc1Cl. The molecule has 0 N–H and O–H groups in total. The van der Waals surface area contributed by atoms with Crippen LogP contribution in [0.15, 0.2) is 18.2 Å². The van der Waals surface area contributed by atoms with E-state index in [2.05, 4.69) is 6.92 Å². The number of rotatable bonds is 9. The fraction of sp³-hybridized carbons (Fsp3) is 0.500. The smallest absolute Gasteiger partial charge is 0.344 e. The first-order chi connectivity index (χ1) is 9.65. The van der Waals surface area contributed by atoms with E-state index in [1.54, 1.807) is 18.2 Å². The predicted molar refractivity (Wildman–Crippen MR) is 78.6 cm³/mol. The zero-order valence-corrected chi connectivity index (χ0v) is 12.9. The van der Waals surface area contributed by atoms with E-state index in [0.717, 1.165) is 12.8 Å². The second kappa shape index (κ2) is 9.86. The van der Waals surface area contributed by atoms with Gasteiger partial charge in [-0.2, -0.15) is 0 Å². The molecule has 1 aromatic rings. The zero-order valence-electron chi connectivity index (χ0n) is 11.4. The van der Waals surface area contributed by atoms with E-state index in [9.17, 15) is 4.79 Å². The number of esters is 1. The van der Waals surface area contributed by atoms with Crippen LogP contribution >= 0.6 is 23.2 Å². The Bertz CT molecular complexity index is 403. The first kappa shape index (κ1) is 17.1. The molecular weight excluding hydrogens is 303 g/mol. The molecule has 4 nitrogen and oxygen atoms in total. The van der Waals surface area contributed by atoms with Gasteiger partial charge in [-0.25, -0.2) is 4.79 Å². The van der Waals surface area contributed by atoms with Gasteiger partial charge in [-0.15, -0.1) is 0 Å². The summed E-state index contributed by atoms with van der Waals surface area (Å²) in [7, 11) is 0. The van der Waals surface area contributed by atoms with Crippen molar-refractivity contribution in [2.45, 2.75) is 19.8 Å². The second-order valence-corrected chi connectivity index (χ2v) is 4.84. The maximum atomic E-state index is 11.4. The Morgan fingerprint density at radius 1 is 1.15 bits per heavy atom. The van der Waals surface area contributed by atoms with Crippen molar-refractivity contribution in [2.24, 2.45) is 0 Å². The highest BCUT2D eigenvalue weighted by Gasteiger charge is 2.10. The molecule has 0 saturated heterocycles. The monoisotopic (exact) mass is 320 g/mol. The molecular formula is C14H18Cl2O4. The van der Waals surface area contributed by atoms with Crippen molar-refractivity contribution in [3.8, 4) is 5.75 Å². The largest absolute Gasteiger partial charge is 0.479 e. The summed E-state index contributed by atoms with van der Waals surface area (Å²) in [6.45, 7) is 3.12. The number of hydrogen-bond acceptors (Lipinski definition) is 4. The lowest BCUT2D eigenvalue weighted by Gasteiger charge is -2.09. The third kappa shape index (κ3) is 6.46. The standard InChI is InChI=1S/C14H18Cl2O4/c1-2-3-7-18-8-9-19-13(17)10-20-14-11(15)5-4-6-12(14)16/h4-6H,2-3,7-10H2,1H3. The molecule has 0 aromatic heterocycles. The van der Waals surface area contributed by atoms with Gasteiger partial charge < -0.3 is 14.2 Å². The topological polar surface area (TPSA) is 44.8 Å². The van der Waals surface area contributed by atoms with Gasteiger partial charge in [-0.3, -0.25) is 0 Å². The molecule has 0 amide bonds. The minimum Gasteiger partial charge on any atom is -0.479 e. The highest BCUT2D eigenvalue weighted by atomic mass is 35.5. The van der Waals surface area contributed by atoms with Crippen LogP contribution in [0, 0.1) is 0 Å². The van der Waals surface area contributed by atoms with Crippen LogP contribution in [0.25, 0.3) is 0 Å². The van der Waals surface area contributed by atoms with Gasteiger partial charge in [0.05, 0.1) is 16.7 Å². The molecule has 0 aliphatic heterocycles. The van der Waals surface area contributed by atoms with E-state index in [4.69, 9.17) is 37.4 Å². The average Bonchev–Trinajstić information content (AvgIpc) is 2.42. The lowest BCUT2D eigenvalue weighted by Crippen LogP contribution is -2.18. The molecule has 0 spiro atoms. The van der Waals surface area contributed by atoms with Gasteiger partial charge >= 0.3 is 5.97 Å². The van der Waals surface area contributed by atoms with E-state index in [1.807, 2.05) is 0 Å². The molecule has 0 saturated carbocycles. The molecule has 20 heavy (non-hydrogen) atoms. The second-order valence-electron chi connectivity index (χ2n) is 4.03. The zero-order chi connectivity index (χ0) is 14.8. The van der Waals surface area contributed by atoms with E-state index < -0.39 is 5.97 Å². The van der Waals surface area contributed by atoms with Gasteiger partial charge in [0.1, 0.15) is 6.61 Å². The average molecular weight is 321 g/mol. The Hall–Kier alpha value is -0.970. The van der Waals surface area contributed by atoms with E-state index in [0.29, 0.717) is 23.3 Å².